The monoisotopic (exact) mass is 344 g/mol. The molecule has 0 radical (unpaired) electrons. The topological polar surface area (TPSA) is 108 Å². The third-order valence-electron chi connectivity index (χ3n) is 5.23. The maximum Gasteiger partial charge on any atom is 0.245 e. The first kappa shape index (κ1) is 17.5. The Bertz CT molecular complexity index is 787. The molecule has 1 aromatic heterocycles. The first-order valence-corrected chi connectivity index (χ1v) is 8.34. The van der Waals surface area contributed by atoms with Gasteiger partial charge >= 0.3 is 0 Å². The minimum atomic E-state index is -0.963. The Morgan fingerprint density at radius 2 is 2.24 bits per heavy atom. The van der Waals surface area contributed by atoms with Gasteiger partial charge in [0.1, 0.15) is 5.54 Å². The van der Waals surface area contributed by atoms with Crippen LogP contribution in [0.3, 0.4) is 0 Å². The summed E-state index contributed by atoms with van der Waals surface area (Å²) in [5.41, 5.74) is 6.50. The van der Waals surface area contributed by atoms with E-state index in [1.54, 1.807) is 11.7 Å². The molecule has 8 nitrogen and oxygen atoms in total. The average Bonchev–Trinajstić information content (AvgIpc) is 3.00. The van der Waals surface area contributed by atoms with Crippen LogP contribution in [0.2, 0.25) is 0 Å². The maximum atomic E-state index is 12.8. The second-order valence-electron chi connectivity index (χ2n) is 7.00. The molecule has 3 rings (SSSR count). The van der Waals surface area contributed by atoms with Gasteiger partial charge in [-0.1, -0.05) is 26.0 Å². The molecule has 1 aliphatic carbocycles. The standard InChI is InChI=1S/C17H24N6O2/c1-5-25-13-10-17(18,16(13,2)3)15(24)19-12-8-6-7-11(9-12)14-20-21-22-23(14)4/h6-9,13H,5,10,18H2,1-4H3,(H,19,24). The lowest BCUT2D eigenvalue weighted by Gasteiger charge is -2.57. The van der Waals surface area contributed by atoms with Gasteiger partial charge in [0.2, 0.25) is 5.91 Å². The molecular formula is C17H24N6O2. The van der Waals surface area contributed by atoms with Crippen LogP contribution in [0.15, 0.2) is 24.3 Å². The summed E-state index contributed by atoms with van der Waals surface area (Å²) in [6.45, 7) is 6.50. The van der Waals surface area contributed by atoms with E-state index >= 15 is 0 Å². The van der Waals surface area contributed by atoms with Crippen LogP contribution in [-0.4, -0.2) is 44.4 Å². The van der Waals surface area contributed by atoms with Gasteiger partial charge in [0.05, 0.1) is 6.10 Å². The van der Waals surface area contributed by atoms with Crippen molar-refractivity contribution in [1.29, 1.82) is 0 Å². The molecule has 8 heteroatoms. The van der Waals surface area contributed by atoms with Crippen molar-refractivity contribution in [2.45, 2.75) is 38.8 Å². The molecule has 0 bridgehead atoms. The average molecular weight is 344 g/mol. The third kappa shape index (κ3) is 2.81. The molecule has 1 aromatic carbocycles. The van der Waals surface area contributed by atoms with Crippen LogP contribution in [-0.2, 0) is 16.6 Å². The van der Waals surface area contributed by atoms with Crippen LogP contribution in [0.1, 0.15) is 27.2 Å². The van der Waals surface area contributed by atoms with Gasteiger partial charge in [-0.25, -0.2) is 4.68 Å². The minimum Gasteiger partial charge on any atom is -0.378 e. The van der Waals surface area contributed by atoms with Gasteiger partial charge in [-0.15, -0.1) is 5.10 Å². The number of nitrogens with one attached hydrogen (secondary N) is 1. The number of carbonyl (C=O) groups is 1. The highest BCUT2D eigenvalue weighted by atomic mass is 16.5. The highest BCUT2D eigenvalue weighted by molar-refractivity contribution is 6.00. The Balaban J connectivity index is 1.77. The summed E-state index contributed by atoms with van der Waals surface area (Å²) < 4.78 is 7.26. The molecule has 1 heterocycles. The normalized spacial score (nSPS) is 24.6. The van der Waals surface area contributed by atoms with E-state index in [9.17, 15) is 4.79 Å². The lowest BCUT2D eigenvalue weighted by molar-refractivity contribution is -0.166. The van der Waals surface area contributed by atoms with Crippen LogP contribution >= 0.6 is 0 Å². The molecule has 3 N–H and O–H groups in total. The molecule has 0 saturated heterocycles. The van der Waals surface area contributed by atoms with Crippen LogP contribution in [0.4, 0.5) is 5.69 Å². The molecule has 2 unspecified atom stereocenters. The maximum absolute atomic E-state index is 12.8. The van der Waals surface area contributed by atoms with Gasteiger partial charge in [0, 0.05) is 36.7 Å². The molecule has 1 aliphatic rings. The second-order valence-corrected chi connectivity index (χ2v) is 7.00. The van der Waals surface area contributed by atoms with Gasteiger partial charge in [-0.2, -0.15) is 0 Å². The highest BCUT2D eigenvalue weighted by Gasteiger charge is 2.62. The van der Waals surface area contributed by atoms with Gasteiger partial charge in [0.15, 0.2) is 5.82 Å². The number of nitrogens with two attached hydrogens (primary N) is 1. The first-order valence-electron chi connectivity index (χ1n) is 8.34. The van der Waals surface area contributed by atoms with Gasteiger partial charge < -0.3 is 15.8 Å². The largest absolute Gasteiger partial charge is 0.378 e. The van der Waals surface area contributed by atoms with Crippen molar-refractivity contribution in [2.75, 3.05) is 11.9 Å². The zero-order valence-electron chi connectivity index (χ0n) is 15.0. The van der Waals surface area contributed by atoms with E-state index < -0.39 is 11.0 Å². The zero-order valence-corrected chi connectivity index (χ0v) is 15.0. The summed E-state index contributed by atoms with van der Waals surface area (Å²) in [5, 5.41) is 14.4. The van der Waals surface area contributed by atoms with Crippen molar-refractivity contribution in [2.24, 2.45) is 18.2 Å². The number of hydrogen-bond acceptors (Lipinski definition) is 6. The van der Waals surface area contributed by atoms with Crippen LogP contribution in [0, 0.1) is 5.41 Å². The first-order chi connectivity index (χ1) is 11.8. The van der Waals surface area contributed by atoms with Crippen molar-refractivity contribution in [3.8, 4) is 11.4 Å². The van der Waals surface area contributed by atoms with Crippen molar-refractivity contribution < 1.29 is 9.53 Å². The van der Waals surface area contributed by atoms with E-state index in [1.807, 2.05) is 45.0 Å². The number of tetrazole rings is 1. The van der Waals surface area contributed by atoms with E-state index in [1.165, 1.54) is 0 Å². The Labute approximate surface area is 146 Å². The van der Waals surface area contributed by atoms with Crippen molar-refractivity contribution in [3.63, 3.8) is 0 Å². The van der Waals surface area contributed by atoms with Gasteiger partial charge in [-0.3, -0.25) is 4.79 Å². The van der Waals surface area contributed by atoms with Crippen LogP contribution in [0.5, 0.6) is 0 Å². The predicted molar refractivity (Wildman–Crippen MR) is 93.6 cm³/mol. The molecule has 0 aliphatic heterocycles. The van der Waals surface area contributed by atoms with E-state index in [-0.39, 0.29) is 12.0 Å². The zero-order chi connectivity index (χ0) is 18.2. The fourth-order valence-electron chi connectivity index (χ4n) is 3.27. The summed E-state index contributed by atoms with van der Waals surface area (Å²) in [6, 6.07) is 7.38. The lowest BCUT2D eigenvalue weighted by Crippen LogP contribution is -2.74. The number of amides is 1. The predicted octanol–water partition coefficient (Wildman–Crippen LogP) is 1.35. The number of nitrogens with zero attached hydrogens (tertiary/aromatic N) is 4. The van der Waals surface area contributed by atoms with Crippen molar-refractivity contribution in [1.82, 2.24) is 20.2 Å². The summed E-state index contributed by atoms with van der Waals surface area (Å²) in [4.78, 5) is 12.8. The summed E-state index contributed by atoms with van der Waals surface area (Å²) >= 11 is 0. The van der Waals surface area contributed by atoms with E-state index in [0.29, 0.717) is 24.5 Å². The molecule has 1 fully saturated rings. The molecule has 1 amide bonds. The van der Waals surface area contributed by atoms with Crippen LogP contribution in [0.25, 0.3) is 11.4 Å². The molecule has 2 atom stereocenters. The van der Waals surface area contributed by atoms with E-state index in [2.05, 4.69) is 20.8 Å². The number of ether oxygens (including phenoxy) is 1. The number of rotatable bonds is 5. The third-order valence-corrected chi connectivity index (χ3v) is 5.23. The lowest BCUT2D eigenvalue weighted by atomic mass is 9.54. The smallest absolute Gasteiger partial charge is 0.245 e. The summed E-state index contributed by atoms with van der Waals surface area (Å²) in [6.07, 6.45) is 0.497. The van der Waals surface area contributed by atoms with Crippen molar-refractivity contribution in [3.05, 3.63) is 24.3 Å². The fraction of sp³-hybridized carbons (Fsp3) is 0.529. The number of hydrogen-bond donors (Lipinski definition) is 2. The van der Waals surface area contributed by atoms with Gasteiger partial charge in [-0.05, 0) is 29.5 Å². The number of aromatic nitrogens is 4. The molecule has 134 valence electrons. The number of benzene rings is 1. The van der Waals surface area contributed by atoms with E-state index in [4.69, 9.17) is 10.5 Å². The Kier molecular flexibility index (Phi) is 4.34. The molecular weight excluding hydrogens is 320 g/mol. The second kappa shape index (κ2) is 6.20. The molecule has 1 saturated carbocycles. The Morgan fingerprint density at radius 3 is 2.84 bits per heavy atom. The summed E-state index contributed by atoms with van der Waals surface area (Å²) in [7, 11) is 1.76. The number of anilines is 1. The van der Waals surface area contributed by atoms with Crippen molar-refractivity contribution >= 4 is 11.6 Å². The highest BCUT2D eigenvalue weighted by Crippen LogP contribution is 2.50. The number of aryl methyl sites for hydroxylation is 1. The Morgan fingerprint density at radius 1 is 1.48 bits per heavy atom. The molecule has 0 spiro atoms. The minimum absolute atomic E-state index is 0.00991. The fourth-order valence-corrected chi connectivity index (χ4v) is 3.27. The van der Waals surface area contributed by atoms with Crippen LogP contribution < -0.4 is 11.1 Å². The number of carbonyl (C=O) groups excluding carboxylic acids is 1. The van der Waals surface area contributed by atoms with Gasteiger partial charge in [0.25, 0.3) is 0 Å². The molecule has 25 heavy (non-hydrogen) atoms. The Hall–Kier alpha value is -2.32. The SMILES string of the molecule is CCOC1CC(N)(C(=O)Nc2cccc(-c3nnnn3C)c2)C1(C)C. The molecule has 2 aromatic rings. The summed E-state index contributed by atoms with van der Waals surface area (Å²) in [5.74, 6) is 0.417. The van der Waals surface area contributed by atoms with E-state index in [0.717, 1.165) is 5.56 Å². The quantitative estimate of drug-likeness (QED) is 0.847.